The van der Waals surface area contributed by atoms with Gasteiger partial charge in [-0.05, 0) is 61.2 Å². The van der Waals surface area contributed by atoms with Crippen LogP contribution >= 0.6 is 11.6 Å². The van der Waals surface area contributed by atoms with E-state index in [1.54, 1.807) is 12.3 Å². The van der Waals surface area contributed by atoms with Crippen molar-refractivity contribution in [3.05, 3.63) is 65.0 Å². The van der Waals surface area contributed by atoms with Crippen LogP contribution < -0.4 is 4.74 Å². The number of allylic oxidation sites excluding steroid dienone is 1. The van der Waals surface area contributed by atoms with E-state index < -0.39 is 0 Å². The lowest BCUT2D eigenvalue weighted by Crippen LogP contribution is -2.15. The Morgan fingerprint density at radius 2 is 2.15 bits per heavy atom. The first kappa shape index (κ1) is 15.6. The maximum absolute atomic E-state index is 6.15. The van der Waals surface area contributed by atoms with Crippen molar-refractivity contribution in [1.82, 2.24) is 15.2 Å². The molecule has 0 fully saturated rings. The molecule has 0 saturated heterocycles. The highest BCUT2D eigenvalue weighted by atomic mass is 35.5. The molecule has 1 N–H and O–H groups in total. The highest BCUT2D eigenvalue weighted by Gasteiger charge is 2.26. The van der Waals surface area contributed by atoms with Gasteiger partial charge in [0.2, 0.25) is 0 Å². The van der Waals surface area contributed by atoms with Crippen molar-refractivity contribution in [3.8, 4) is 28.3 Å². The smallest absolute Gasteiger partial charge is 0.129 e. The van der Waals surface area contributed by atoms with Crippen molar-refractivity contribution in [2.24, 2.45) is 0 Å². The first-order valence-electron chi connectivity index (χ1n) is 8.94. The molecule has 26 heavy (non-hydrogen) atoms. The number of hydrogen-bond acceptors (Lipinski definition) is 3. The van der Waals surface area contributed by atoms with Crippen LogP contribution in [0.1, 0.15) is 30.4 Å². The number of nitrogens with zero attached hydrogens (tertiary/aromatic N) is 2. The summed E-state index contributed by atoms with van der Waals surface area (Å²) in [6.45, 7) is 0. The fourth-order valence-electron chi connectivity index (χ4n) is 3.79. The molecular weight excluding hydrogens is 346 g/mol. The largest absolute Gasteiger partial charge is 0.486 e. The van der Waals surface area contributed by atoms with Crippen molar-refractivity contribution < 1.29 is 4.74 Å². The molecule has 0 saturated carbocycles. The number of nitrogens with one attached hydrogen (secondary N) is 1. The Bertz CT molecular complexity index is 991. The van der Waals surface area contributed by atoms with Crippen molar-refractivity contribution in [2.75, 3.05) is 0 Å². The zero-order valence-electron chi connectivity index (χ0n) is 14.2. The third kappa shape index (κ3) is 2.71. The van der Waals surface area contributed by atoms with Gasteiger partial charge >= 0.3 is 0 Å². The van der Waals surface area contributed by atoms with E-state index in [9.17, 15) is 0 Å². The summed E-state index contributed by atoms with van der Waals surface area (Å²) in [6, 6.07) is 10.1. The van der Waals surface area contributed by atoms with E-state index in [2.05, 4.69) is 45.5 Å². The van der Waals surface area contributed by atoms with Crippen LogP contribution in [-0.2, 0) is 6.42 Å². The van der Waals surface area contributed by atoms with Crippen molar-refractivity contribution in [1.29, 1.82) is 0 Å². The molecule has 0 spiro atoms. The van der Waals surface area contributed by atoms with Crippen LogP contribution in [0.4, 0.5) is 0 Å². The number of ether oxygens (including phenoxy) is 1. The van der Waals surface area contributed by atoms with E-state index in [1.807, 2.05) is 6.07 Å². The highest BCUT2D eigenvalue weighted by Crippen LogP contribution is 2.41. The molecule has 1 aromatic carbocycles. The molecule has 5 heteroatoms. The summed E-state index contributed by atoms with van der Waals surface area (Å²) in [5.74, 6) is 0.938. The summed E-state index contributed by atoms with van der Waals surface area (Å²) in [4.78, 5) is 4.17. The van der Waals surface area contributed by atoms with Gasteiger partial charge in [0.05, 0.1) is 11.4 Å². The van der Waals surface area contributed by atoms with Crippen LogP contribution in [0.3, 0.4) is 0 Å². The summed E-state index contributed by atoms with van der Waals surface area (Å²) in [5, 5.41) is 8.19. The molecule has 2 aliphatic rings. The molecule has 2 aromatic heterocycles. The Labute approximate surface area is 156 Å². The second kappa shape index (κ2) is 6.29. The Hall–Kier alpha value is -2.59. The number of H-pyrrole nitrogens is 1. The summed E-state index contributed by atoms with van der Waals surface area (Å²) in [5.41, 5.74) is 6.69. The molecule has 2 aliphatic carbocycles. The quantitative estimate of drug-likeness (QED) is 0.403. The van der Waals surface area contributed by atoms with E-state index in [-0.39, 0.29) is 6.10 Å². The fraction of sp³-hybridized carbons (Fsp3) is 0.238. The SMILES string of the molecule is Clc1ccc(-c2n[nH]c3c2Cc2cc(OC4C=CCCC4)ccc2-3)cn1. The fourth-order valence-corrected chi connectivity index (χ4v) is 3.90. The van der Waals surface area contributed by atoms with Gasteiger partial charge in [0, 0.05) is 29.3 Å². The Morgan fingerprint density at radius 1 is 1.19 bits per heavy atom. The number of rotatable bonds is 3. The first-order chi connectivity index (χ1) is 12.8. The van der Waals surface area contributed by atoms with E-state index in [0.29, 0.717) is 5.15 Å². The minimum atomic E-state index is 0.193. The van der Waals surface area contributed by atoms with Gasteiger partial charge in [-0.3, -0.25) is 5.10 Å². The van der Waals surface area contributed by atoms with Crippen LogP contribution in [0.5, 0.6) is 5.75 Å². The summed E-state index contributed by atoms with van der Waals surface area (Å²) < 4.78 is 6.15. The van der Waals surface area contributed by atoms with Gasteiger partial charge < -0.3 is 4.74 Å². The molecule has 0 radical (unpaired) electrons. The van der Waals surface area contributed by atoms with Crippen LogP contribution in [0, 0.1) is 0 Å². The van der Waals surface area contributed by atoms with Crippen LogP contribution in [-0.4, -0.2) is 21.3 Å². The first-order valence-corrected chi connectivity index (χ1v) is 9.31. The maximum Gasteiger partial charge on any atom is 0.129 e. The second-order valence-electron chi connectivity index (χ2n) is 6.81. The molecule has 0 aliphatic heterocycles. The summed E-state index contributed by atoms with van der Waals surface area (Å²) in [6.07, 6.45) is 10.6. The van der Waals surface area contributed by atoms with Crippen molar-refractivity contribution in [2.45, 2.75) is 31.8 Å². The number of fused-ring (bicyclic) bond motifs is 3. The summed E-state index contributed by atoms with van der Waals surface area (Å²) in [7, 11) is 0. The van der Waals surface area contributed by atoms with Gasteiger partial charge in [0.15, 0.2) is 0 Å². The van der Waals surface area contributed by atoms with Crippen molar-refractivity contribution in [3.63, 3.8) is 0 Å². The molecular formula is C21H18ClN3O. The average molecular weight is 364 g/mol. The molecule has 130 valence electrons. The Morgan fingerprint density at radius 3 is 2.96 bits per heavy atom. The number of hydrogen-bond donors (Lipinski definition) is 1. The summed E-state index contributed by atoms with van der Waals surface area (Å²) >= 11 is 5.90. The number of pyridine rings is 1. The third-order valence-electron chi connectivity index (χ3n) is 5.08. The molecule has 1 atom stereocenters. The number of halogens is 1. The Balaban J connectivity index is 1.44. The van der Waals surface area contributed by atoms with Crippen LogP contribution in [0.15, 0.2) is 48.7 Å². The second-order valence-corrected chi connectivity index (χ2v) is 7.19. The average Bonchev–Trinajstić information content (AvgIpc) is 3.22. The molecule has 5 rings (SSSR count). The monoisotopic (exact) mass is 363 g/mol. The van der Waals surface area contributed by atoms with Gasteiger partial charge in [-0.1, -0.05) is 17.7 Å². The standard InChI is InChI=1S/C21H18ClN3O/c22-19-9-6-13(12-23-19)20-18-11-14-10-16(26-15-4-2-1-3-5-15)7-8-17(14)21(18)25-24-20/h2,4,6-10,12,15H,1,3,5,11H2,(H,24,25). The van der Waals surface area contributed by atoms with E-state index in [4.69, 9.17) is 16.3 Å². The zero-order valence-corrected chi connectivity index (χ0v) is 15.0. The topological polar surface area (TPSA) is 50.8 Å². The lowest BCUT2D eigenvalue weighted by molar-refractivity contribution is 0.230. The molecule has 2 heterocycles. The maximum atomic E-state index is 6.15. The normalized spacial score (nSPS) is 17.8. The van der Waals surface area contributed by atoms with E-state index in [1.165, 1.54) is 23.1 Å². The van der Waals surface area contributed by atoms with Crippen LogP contribution in [0.25, 0.3) is 22.5 Å². The Kier molecular flexibility index (Phi) is 3.79. The minimum Gasteiger partial charge on any atom is -0.486 e. The van der Waals surface area contributed by atoms with Gasteiger partial charge in [0.25, 0.3) is 0 Å². The van der Waals surface area contributed by atoms with E-state index >= 15 is 0 Å². The molecule has 4 nitrogen and oxygen atoms in total. The van der Waals surface area contributed by atoms with Gasteiger partial charge in [0.1, 0.15) is 17.0 Å². The predicted molar refractivity (Wildman–Crippen MR) is 102 cm³/mol. The van der Waals surface area contributed by atoms with Crippen molar-refractivity contribution >= 4 is 11.6 Å². The number of benzene rings is 1. The van der Waals surface area contributed by atoms with E-state index in [0.717, 1.165) is 42.0 Å². The lowest BCUT2D eigenvalue weighted by atomic mass is 10.0. The molecule has 3 aromatic rings. The number of aromatic amines is 1. The lowest BCUT2D eigenvalue weighted by Gasteiger charge is -2.19. The van der Waals surface area contributed by atoms with Gasteiger partial charge in [-0.15, -0.1) is 0 Å². The molecule has 0 bridgehead atoms. The zero-order chi connectivity index (χ0) is 17.5. The third-order valence-corrected chi connectivity index (χ3v) is 5.30. The molecule has 1 unspecified atom stereocenters. The van der Waals surface area contributed by atoms with Gasteiger partial charge in [-0.2, -0.15) is 5.10 Å². The molecule has 0 amide bonds. The predicted octanol–water partition coefficient (Wildman–Crippen LogP) is 5.18. The minimum absolute atomic E-state index is 0.193. The van der Waals surface area contributed by atoms with Crippen LogP contribution in [0.2, 0.25) is 5.15 Å². The number of aromatic nitrogens is 3. The van der Waals surface area contributed by atoms with Gasteiger partial charge in [-0.25, -0.2) is 4.98 Å². The highest BCUT2D eigenvalue weighted by molar-refractivity contribution is 6.29.